The molecular weight excluding hydrogens is 359 g/mol. The van der Waals surface area contributed by atoms with Crippen LogP contribution in [-0.2, 0) is 10.0 Å². The molecule has 0 radical (unpaired) electrons. The lowest BCUT2D eigenvalue weighted by Crippen LogP contribution is -2.53. The first-order chi connectivity index (χ1) is 9.73. The zero-order valence-corrected chi connectivity index (χ0v) is 13.9. The van der Waals surface area contributed by atoms with E-state index in [1.807, 2.05) is 0 Å². The summed E-state index contributed by atoms with van der Waals surface area (Å²) in [6, 6.07) is 1.21. The van der Waals surface area contributed by atoms with E-state index in [9.17, 15) is 13.5 Å². The Bertz CT molecular complexity index is 691. The van der Waals surface area contributed by atoms with Crippen molar-refractivity contribution in [3.63, 3.8) is 0 Å². The van der Waals surface area contributed by atoms with Crippen molar-refractivity contribution in [2.24, 2.45) is 11.7 Å². The van der Waals surface area contributed by atoms with Gasteiger partial charge in [-0.15, -0.1) is 0 Å². The normalized spacial score (nSPS) is 28.7. The van der Waals surface area contributed by atoms with Crippen molar-refractivity contribution in [1.29, 1.82) is 0 Å². The van der Waals surface area contributed by atoms with Crippen molar-refractivity contribution >= 4 is 44.8 Å². The van der Waals surface area contributed by atoms with E-state index in [1.165, 1.54) is 10.4 Å². The predicted octanol–water partition coefficient (Wildman–Crippen LogP) is 2.46. The average Bonchev–Trinajstić information content (AvgIpc) is 2.92. The van der Waals surface area contributed by atoms with Crippen molar-refractivity contribution in [2.45, 2.75) is 23.3 Å². The highest BCUT2D eigenvalue weighted by atomic mass is 35.5. The molecule has 1 aromatic carbocycles. The highest BCUT2D eigenvalue weighted by Crippen LogP contribution is 2.54. The zero-order valence-electron chi connectivity index (χ0n) is 10.8. The van der Waals surface area contributed by atoms with Gasteiger partial charge in [0.15, 0.2) is 5.75 Å². The van der Waals surface area contributed by atoms with Crippen LogP contribution in [0.5, 0.6) is 5.75 Å². The number of sulfonamides is 1. The number of rotatable bonds is 3. The van der Waals surface area contributed by atoms with E-state index in [1.54, 1.807) is 0 Å². The van der Waals surface area contributed by atoms with E-state index in [0.29, 0.717) is 12.5 Å². The van der Waals surface area contributed by atoms with Crippen molar-refractivity contribution < 1.29 is 13.5 Å². The second-order valence-electron chi connectivity index (χ2n) is 5.57. The lowest BCUT2D eigenvalue weighted by molar-refractivity contribution is 0.179. The van der Waals surface area contributed by atoms with E-state index < -0.39 is 26.2 Å². The smallest absolute Gasteiger partial charge is 0.248 e. The van der Waals surface area contributed by atoms with Crippen LogP contribution in [0.4, 0.5) is 0 Å². The summed E-state index contributed by atoms with van der Waals surface area (Å²) in [5.74, 6) is -0.277. The monoisotopic (exact) mass is 370 g/mol. The number of benzene rings is 1. The van der Waals surface area contributed by atoms with E-state index >= 15 is 0 Å². The van der Waals surface area contributed by atoms with Crippen LogP contribution in [0, 0.1) is 5.92 Å². The number of hydrogen-bond donors (Lipinski definition) is 2. The fraction of sp³-hybridized carbons (Fsp3) is 0.500. The zero-order chi connectivity index (χ0) is 15.6. The molecule has 21 heavy (non-hydrogen) atoms. The van der Waals surface area contributed by atoms with E-state index in [4.69, 9.17) is 40.5 Å². The van der Waals surface area contributed by atoms with E-state index in [-0.39, 0.29) is 21.6 Å². The molecule has 2 saturated heterocycles. The number of hydrogen-bond acceptors (Lipinski definition) is 4. The second kappa shape index (κ2) is 4.88. The number of phenols is 1. The minimum Gasteiger partial charge on any atom is -0.505 e. The maximum Gasteiger partial charge on any atom is 0.248 e. The lowest BCUT2D eigenvalue weighted by Gasteiger charge is -2.40. The van der Waals surface area contributed by atoms with E-state index in [2.05, 4.69) is 0 Å². The predicted molar refractivity (Wildman–Crippen MR) is 81.5 cm³/mol. The summed E-state index contributed by atoms with van der Waals surface area (Å²) in [4.78, 5) is -0.443. The molecule has 116 valence electrons. The Kier molecular flexibility index (Phi) is 3.63. The maximum absolute atomic E-state index is 12.9. The molecule has 2 aliphatic heterocycles. The molecule has 9 heteroatoms. The molecule has 0 atom stereocenters. The summed E-state index contributed by atoms with van der Waals surface area (Å²) in [5, 5.41) is 9.64. The van der Waals surface area contributed by atoms with Gasteiger partial charge in [0.2, 0.25) is 10.0 Å². The molecule has 5 nitrogen and oxygen atoms in total. The summed E-state index contributed by atoms with van der Waals surface area (Å²) in [6.07, 6.45) is 1.46. The minimum absolute atomic E-state index is 0.0219. The molecule has 3 fully saturated rings. The lowest BCUT2D eigenvalue weighted by atomic mass is 9.74. The fourth-order valence-electron chi connectivity index (χ4n) is 3.31. The minimum atomic E-state index is -4.02. The fourth-order valence-corrected chi connectivity index (χ4v) is 6.37. The molecule has 0 aromatic heterocycles. The van der Waals surface area contributed by atoms with Gasteiger partial charge in [-0.05, 0) is 24.8 Å². The van der Waals surface area contributed by atoms with Crippen LogP contribution in [0.2, 0.25) is 15.1 Å². The van der Waals surface area contributed by atoms with Crippen molar-refractivity contribution in [3.05, 3.63) is 21.1 Å². The SMILES string of the molecule is NCC12CC(CN1S(=O)(=O)c1c(O)c(Cl)cc(Cl)c1Cl)C2. The maximum atomic E-state index is 12.9. The Hall–Kier alpha value is -0.240. The van der Waals surface area contributed by atoms with Crippen LogP contribution in [0.3, 0.4) is 0 Å². The van der Waals surface area contributed by atoms with Crippen molar-refractivity contribution in [1.82, 2.24) is 4.31 Å². The topological polar surface area (TPSA) is 83.6 Å². The number of nitrogens with two attached hydrogens (primary N) is 1. The largest absolute Gasteiger partial charge is 0.505 e. The van der Waals surface area contributed by atoms with Crippen LogP contribution < -0.4 is 5.73 Å². The third-order valence-corrected chi connectivity index (χ3v) is 7.54. The standard InChI is InChI=1S/C12H13Cl3N2O3S/c13-7-1-8(14)10(18)11(9(7)15)21(19,20)17-4-6-2-12(17,3-6)5-16/h1,6,18H,2-5,16H2. The number of phenolic OH excluding ortho intramolecular Hbond substituents is 1. The first-order valence-electron chi connectivity index (χ1n) is 6.32. The molecular formula is C12H13Cl3N2O3S. The Morgan fingerprint density at radius 1 is 1.33 bits per heavy atom. The number of halogens is 3. The average molecular weight is 372 g/mol. The quantitative estimate of drug-likeness (QED) is 0.800. The summed E-state index contributed by atoms with van der Waals surface area (Å²) in [7, 11) is -4.02. The Morgan fingerprint density at radius 2 is 1.95 bits per heavy atom. The first kappa shape index (κ1) is 15.6. The van der Waals surface area contributed by atoms with Crippen LogP contribution >= 0.6 is 34.8 Å². The second-order valence-corrected chi connectivity index (χ2v) is 8.56. The third-order valence-electron chi connectivity index (χ3n) is 4.32. The Morgan fingerprint density at radius 3 is 2.52 bits per heavy atom. The van der Waals surface area contributed by atoms with Crippen LogP contribution in [0.1, 0.15) is 12.8 Å². The van der Waals surface area contributed by atoms with Gasteiger partial charge >= 0.3 is 0 Å². The molecule has 2 heterocycles. The molecule has 1 aromatic rings. The van der Waals surface area contributed by atoms with Gasteiger partial charge in [-0.3, -0.25) is 0 Å². The summed E-state index contributed by atoms with van der Waals surface area (Å²) in [5.41, 5.74) is 5.18. The summed E-state index contributed by atoms with van der Waals surface area (Å²) < 4.78 is 27.1. The van der Waals surface area contributed by atoms with Gasteiger partial charge in [0, 0.05) is 18.6 Å². The molecule has 0 unspecified atom stereocenters. The molecule has 0 amide bonds. The number of nitrogens with zero attached hydrogens (tertiary/aromatic N) is 1. The van der Waals surface area contributed by atoms with Crippen LogP contribution in [0.15, 0.2) is 11.0 Å². The molecule has 0 spiro atoms. The summed E-state index contributed by atoms with van der Waals surface area (Å²) in [6.45, 7) is 0.606. The number of fused-ring (bicyclic) bond motifs is 1. The summed E-state index contributed by atoms with van der Waals surface area (Å²) >= 11 is 17.7. The molecule has 3 aliphatic rings. The molecule has 1 saturated carbocycles. The molecule has 3 N–H and O–H groups in total. The van der Waals surface area contributed by atoms with Crippen molar-refractivity contribution in [2.75, 3.05) is 13.1 Å². The van der Waals surface area contributed by atoms with Gasteiger partial charge in [-0.1, -0.05) is 34.8 Å². The van der Waals surface area contributed by atoms with Gasteiger partial charge in [0.25, 0.3) is 0 Å². The Balaban J connectivity index is 2.17. The van der Waals surface area contributed by atoms with Gasteiger partial charge in [-0.2, -0.15) is 4.31 Å². The molecule has 1 aliphatic carbocycles. The highest BCUT2D eigenvalue weighted by molar-refractivity contribution is 7.89. The van der Waals surface area contributed by atoms with E-state index in [0.717, 1.165) is 12.8 Å². The molecule has 4 rings (SSSR count). The van der Waals surface area contributed by atoms with Gasteiger partial charge < -0.3 is 10.8 Å². The molecule has 2 bridgehead atoms. The van der Waals surface area contributed by atoms with Gasteiger partial charge in [-0.25, -0.2) is 8.42 Å². The first-order valence-corrected chi connectivity index (χ1v) is 8.90. The van der Waals surface area contributed by atoms with Crippen LogP contribution in [0.25, 0.3) is 0 Å². The number of aromatic hydroxyl groups is 1. The van der Waals surface area contributed by atoms with Crippen LogP contribution in [-0.4, -0.2) is 36.5 Å². The van der Waals surface area contributed by atoms with Gasteiger partial charge in [0.05, 0.1) is 15.1 Å². The highest BCUT2D eigenvalue weighted by Gasteiger charge is 2.60. The van der Waals surface area contributed by atoms with Crippen molar-refractivity contribution in [3.8, 4) is 5.75 Å². The Labute approximate surface area is 137 Å². The third kappa shape index (κ3) is 2.08. The van der Waals surface area contributed by atoms with Gasteiger partial charge in [0.1, 0.15) is 4.90 Å².